The Morgan fingerprint density at radius 1 is 1.60 bits per heavy atom. The van der Waals surface area contributed by atoms with Crippen LogP contribution in [0.2, 0.25) is 0 Å². The number of carbonyl (C=O) groups is 1. The van der Waals surface area contributed by atoms with Gasteiger partial charge in [0.25, 0.3) is 0 Å². The summed E-state index contributed by atoms with van der Waals surface area (Å²) < 4.78 is 1.48. The van der Waals surface area contributed by atoms with Crippen LogP contribution in [0.15, 0.2) is 12.7 Å². The van der Waals surface area contributed by atoms with Crippen molar-refractivity contribution < 1.29 is 9.90 Å². The summed E-state index contributed by atoms with van der Waals surface area (Å²) in [6.07, 6.45) is 3.04. The highest BCUT2D eigenvalue weighted by Crippen LogP contribution is 2.01. The molecule has 1 heterocycles. The summed E-state index contributed by atoms with van der Waals surface area (Å²) in [6.45, 7) is 3.90. The molecule has 0 bridgehead atoms. The van der Waals surface area contributed by atoms with Gasteiger partial charge in [-0.1, -0.05) is 0 Å². The molecule has 15 heavy (non-hydrogen) atoms. The predicted octanol–water partition coefficient (Wildman–Crippen LogP) is -0.274. The van der Waals surface area contributed by atoms with Gasteiger partial charge in [0.2, 0.25) is 5.91 Å². The zero-order valence-corrected chi connectivity index (χ0v) is 8.92. The molecule has 84 valence electrons. The monoisotopic (exact) mass is 212 g/mol. The molecule has 2 atom stereocenters. The van der Waals surface area contributed by atoms with Crippen molar-refractivity contribution >= 4 is 5.91 Å². The van der Waals surface area contributed by atoms with Gasteiger partial charge in [-0.05, 0) is 20.3 Å². The van der Waals surface area contributed by atoms with E-state index in [0.717, 1.165) is 0 Å². The summed E-state index contributed by atoms with van der Waals surface area (Å²) >= 11 is 0. The van der Waals surface area contributed by atoms with Crippen LogP contribution in [0.25, 0.3) is 0 Å². The molecule has 2 unspecified atom stereocenters. The van der Waals surface area contributed by atoms with E-state index in [0.29, 0.717) is 13.0 Å². The van der Waals surface area contributed by atoms with Gasteiger partial charge in [-0.2, -0.15) is 5.10 Å². The zero-order valence-electron chi connectivity index (χ0n) is 8.92. The first-order chi connectivity index (χ1) is 7.11. The first kappa shape index (κ1) is 11.6. The van der Waals surface area contributed by atoms with Crippen LogP contribution in [-0.4, -0.2) is 38.4 Å². The van der Waals surface area contributed by atoms with Crippen LogP contribution >= 0.6 is 0 Å². The van der Waals surface area contributed by atoms with Crippen LogP contribution in [0, 0.1) is 0 Å². The highest BCUT2D eigenvalue weighted by Gasteiger charge is 2.14. The van der Waals surface area contributed by atoms with Crippen molar-refractivity contribution in [1.29, 1.82) is 0 Å². The van der Waals surface area contributed by atoms with Gasteiger partial charge in [-0.25, -0.2) is 9.67 Å². The van der Waals surface area contributed by atoms with E-state index >= 15 is 0 Å². The minimum atomic E-state index is -0.396. The van der Waals surface area contributed by atoms with Crippen LogP contribution in [0.3, 0.4) is 0 Å². The van der Waals surface area contributed by atoms with E-state index in [-0.39, 0.29) is 11.9 Å². The number of carbonyl (C=O) groups excluding carboxylic acids is 1. The smallest absolute Gasteiger partial charge is 0.244 e. The second-order valence-corrected chi connectivity index (χ2v) is 3.48. The molecule has 0 spiro atoms. The third-order valence-electron chi connectivity index (χ3n) is 2.07. The first-order valence-electron chi connectivity index (χ1n) is 4.91. The van der Waals surface area contributed by atoms with E-state index in [1.54, 1.807) is 13.8 Å². The van der Waals surface area contributed by atoms with Crippen molar-refractivity contribution in [3.8, 4) is 0 Å². The lowest BCUT2D eigenvalue weighted by molar-refractivity contribution is -0.124. The fourth-order valence-electron chi connectivity index (χ4n) is 1.09. The lowest BCUT2D eigenvalue weighted by atomic mass is 10.2. The van der Waals surface area contributed by atoms with Gasteiger partial charge >= 0.3 is 0 Å². The van der Waals surface area contributed by atoms with Crippen LogP contribution in [0.1, 0.15) is 26.3 Å². The molecule has 2 N–H and O–H groups in total. The summed E-state index contributed by atoms with van der Waals surface area (Å²) in [6, 6.07) is -0.374. The number of nitrogens with one attached hydrogen (secondary N) is 1. The van der Waals surface area contributed by atoms with Crippen molar-refractivity contribution in [1.82, 2.24) is 20.1 Å². The van der Waals surface area contributed by atoms with Crippen molar-refractivity contribution in [2.75, 3.05) is 6.54 Å². The summed E-state index contributed by atoms with van der Waals surface area (Å²) in [4.78, 5) is 15.3. The Labute approximate surface area is 88.3 Å². The molecular weight excluding hydrogens is 196 g/mol. The molecule has 0 aromatic carbocycles. The van der Waals surface area contributed by atoms with Crippen molar-refractivity contribution in [2.24, 2.45) is 0 Å². The Morgan fingerprint density at radius 2 is 2.33 bits per heavy atom. The summed E-state index contributed by atoms with van der Waals surface area (Å²) in [5.74, 6) is -0.124. The second-order valence-electron chi connectivity index (χ2n) is 3.48. The van der Waals surface area contributed by atoms with Gasteiger partial charge in [0, 0.05) is 6.54 Å². The second kappa shape index (κ2) is 5.45. The third-order valence-corrected chi connectivity index (χ3v) is 2.07. The molecular formula is C9H16N4O2. The first-order valence-corrected chi connectivity index (χ1v) is 4.91. The molecule has 0 saturated carbocycles. The lowest BCUT2D eigenvalue weighted by Crippen LogP contribution is -2.33. The molecule has 0 aliphatic carbocycles. The normalized spacial score (nSPS) is 14.6. The van der Waals surface area contributed by atoms with Gasteiger partial charge in [-0.15, -0.1) is 0 Å². The average molecular weight is 212 g/mol. The molecule has 1 rings (SSSR count). The summed E-state index contributed by atoms with van der Waals surface area (Å²) in [7, 11) is 0. The van der Waals surface area contributed by atoms with Gasteiger partial charge in [-0.3, -0.25) is 4.79 Å². The van der Waals surface area contributed by atoms with Gasteiger partial charge in [0.05, 0.1) is 6.10 Å². The van der Waals surface area contributed by atoms with E-state index in [9.17, 15) is 4.79 Å². The molecule has 6 nitrogen and oxygen atoms in total. The average Bonchev–Trinajstić information content (AvgIpc) is 2.68. The van der Waals surface area contributed by atoms with Gasteiger partial charge < -0.3 is 10.4 Å². The highest BCUT2D eigenvalue weighted by atomic mass is 16.3. The topological polar surface area (TPSA) is 80.0 Å². The van der Waals surface area contributed by atoms with E-state index < -0.39 is 6.10 Å². The van der Waals surface area contributed by atoms with Crippen molar-refractivity contribution in [2.45, 2.75) is 32.4 Å². The fourth-order valence-corrected chi connectivity index (χ4v) is 1.09. The molecule has 1 aromatic heterocycles. The van der Waals surface area contributed by atoms with Gasteiger partial charge in [0.1, 0.15) is 18.7 Å². The quantitative estimate of drug-likeness (QED) is 0.704. The minimum absolute atomic E-state index is 0.124. The number of nitrogens with zero attached hydrogens (tertiary/aromatic N) is 3. The molecule has 1 amide bonds. The molecule has 1 aromatic rings. The SMILES string of the molecule is CC(O)CCNC(=O)C(C)n1cncn1. The maximum absolute atomic E-state index is 11.5. The van der Waals surface area contributed by atoms with E-state index in [2.05, 4.69) is 15.4 Å². The Balaban J connectivity index is 2.34. The number of rotatable bonds is 5. The van der Waals surface area contributed by atoms with Crippen LogP contribution < -0.4 is 5.32 Å². The molecule has 0 aliphatic rings. The number of hydrogen-bond acceptors (Lipinski definition) is 4. The van der Waals surface area contributed by atoms with Crippen molar-refractivity contribution in [3.05, 3.63) is 12.7 Å². The van der Waals surface area contributed by atoms with Crippen LogP contribution in [0.4, 0.5) is 0 Å². The van der Waals surface area contributed by atoms with Crippen LogP contribution in [-0.2, 0) is 4.79 Å². The van der Waals surface area contributed by atoms with E-state index in [4.69, 9.17) is 5.11 Å². The summed E-state index contributed by atoms with van der Waals surface area (Å²) in [5, 5.41) is 15.6. The maximum Gasteiger partial charge on any atom is 0.244 e. The zero-order chi connectivity index (χ0) is 11.3. The Hall–Kier alpha value is -1.43. The maximum atomic E-state index is 11.5. The summed E-state index contributed by atoms with van der Waals surface area (Å²) in [5.41, 5.74) is 0. The Morgan fingerprint density at radius 3 is 2.87 bits per heavy atom. The minimum Gasteiger partial charge on any atom is -0.393 e. The Kier molecular flexibility index (Phi) is 4.23. The predicted molar refractivity (Wildman–Crippen MR) is 54.0 cm³/mol. The van der Waals surface area contributed by atoms with Crippen LogP contribution in [0.5, 0.6) is 0 Å². The largest absolute Gasteiger partial charge is 0.393 e. The number of aliphatic hydroxyl groups is 1. The molecule has 0 saturated heterocycles. The molecule has 0 aliphatic heterocycles. The molecule has 0 radical (unpaired) electrons. The standard InChI is InChI=1S/C9H16N4O2/c1-7(14)3-4-11-9(15)8(2)13-6-10-5-12-13/h5-8,14H,3-4H2,1-2H3,(H,11,15). The highest BCUT2D eigenvalue weighted by molar-refractivity contribution is 5.79. The lowest BCUT2D eigenvalue weighted by Gasteiger charge is -2.12. The van der Waals surface area contributed by atoms with E-state index in [1.165, 1.54) is 17.3 Å². The molecule has 6 heteroatoms. The van der Waals surface area contributed by atoms with Crippen molar-refractivity contribution in [3.63, 3.8) is 0 Å². The number of hydrogen-bond donors (Lipinski definition) is 2. The number of aliphatic hydroxyl groups excluding tert-OH is 1. The fraction of sp³-hybridized carbons (Fsp3) is 0.667. The van der Waals surface area contributed by atoms with Gasteiger partial charge in [0.15, 0.2) is 0 Å². The third kappa shape index (κ3) is 3.67. The molecule has 0 fully saturated rings. The number of aromatic nitrogens is 3. The Bertz CT molecular complexity index is 297. The number of amides is 1. The van der Waals surface area contributed by atoms with E-state index in [1.807, 2.05) is 0 Å².